The predicted molar refractivity (Wildman–Crippen MR) is 110 cm³/mol. The maximum atomic E-state index is 12.9. The SMILES string of the molecule is COc1cc(NC(=O)c2ccc3cc(C)ccc3c2)c(-n2nn[nH]c2=O)cc1Cl. The number of hydrogen-bond acceptors (Lipinski definition) is 5. The number of rotatable bonds is 4. The summed E-state index contributed by atoms with van der Waals surface area (Å²) in [4.78, 5) is 24.9. The zero-order chi connectivity index (χ0) is 20.5. The molecule has 0 aliphatic carbocycles. The molecule has 4 rings (SSSR count). The first kappa shape index (κ1) is 18.7. The second-order valence-corrected chi connectivity index (χ2v) is 6.85. The molecular weight excluding hydrogens is 394 g/mol. The van der Waals surface area contributed by atoms with Crippen LogP contribution in [0.3, 0.4) is 0 Å². The van der Waals surface area contributed by atoms with E-state index in [0.29, 0.717) is 17.0 Å². The Balaban J connectivity index is 1.75. The van der Waals surface area contributed by atoms with Gasteiger partial charge in [-0.3, -0.25) is 4.79 Å². The minimum atomic E-state index is -0.567. The van der Waals surface area contributed by atoms with Gasteiger partial charge in [0.05, 0.1) is 23.5 Å². The van der Waals surface area contributed by atoms with Gasteiger partial charge in [-0.05, 0) is 46.3 Å². The number of H-pyrrole nitrogens is 1. The first-order valence-electron chi connectivity index (χ1n) is 8.66. The molecule has 1 heterocycles. The highest BCUT2D eigenvalue weighted by Gasteiger charge is 2.17. The summed E-state index contributed by atoms with van der Waals surface area (Å²) in [6.45, 7) is 2.02. The Bertz CT molecular complexity index is 1300. The average molecular weight is 410 g/mol. The van der Waals surface area contributed by atoms with E-state index < -0.39 is 5.69 Å². The van der Waals surface area contributed by atoms with E-state index in [1.54, 1.807) is 12.1 Å². The molecule has 0 aliphatic rings. The lowest BCUT2D eigenvalue weighted by atomic mass is 10.0. The minimum absolute atomic E-state index is 0.261. The monoisotopic (exact) mass is 409 g/mol. The number of carbonyl (C=O) groups excluding carboxylic acids is 1. The average Bonchev–Trinajstić information content (AvgIpc) is 3.14. The molecule has 1 amide bonds. The van der Waals surface area contributed by atoms with Crippen molar-refractivity contribution >= 4 is 34.0 Å². The van der Waals surface area contributed by atoms with Crippen molar-refractivity contribution in [3.8, 4) is 11.4 Å². The van der Waals surface area contributed by atoms with Crippen molar-refractivity contribution in [1.29, 1.82) is 0 Å². The number of nitrogens with zero attached hydrogens (tertiary/aromatic N) is 3. The molecule has 2 N–H and O–H groups in total. The molecule has 0 spiro atoms. The number of tetrazole rings is 1. The number of methoxy groups -OCH3 is 1. The fourth-order valence-electron chi connectivity index (χ4n) is 3.03. The van der Waals surface area contributed by atoms with Crippen LogP contribution in [0.1, 0.15) is 15.9 Å². The molecule has 29 heavy (non-hydrogen) atoms. The summed E-state index contributed by atoms with van der Waals surface area (Å²) in [6, 6.07) is 14.4. The van der Waals surface area contributed by atoms with Gasteiger partial charge in [-0.1, -0.05) is 41.4 Å². The second kappa shape index (κ2) is 7.40. The quantitative estimate of drug-likeness (QED) is 0.538. The number of amides is 1. The van der Waals surface area contributed by atoms with Crippen molar-refractivity contribution in [2.75, 3.05) is 12.4 Å². The van der Waals surface area contributed by atoms with Gasteiger partial charge < -0.3 is 10.1 Å². The summed E-state index contributed by atoms with van der Waals surface area (Å²) in [7, 11) is 1.46. The normalized spacial score (nSPS) is 10.9. The first-order valence-corrected chi connectivity index (χ1v) is 9.04. The van der Waals surface area contributed by atoms with Crippen molar-refractivity contribution in [2.24, 2.45) is 0 Å². The zero-order valence-electron chi connectivity index (χ0n) is 15.6. The largest absolute Gasteiger partial charge is 0.495 e. The third-order valence-electron chi connectivity index (χ3n) is 4.48. The van der Waals surface area contributed by atoms with E-state index in [-0.39, 0.29) is 16.6 Å². The zero-order valence-corrected chi connectivity index (χ0v) is 16.3. The van der Waals surface area contributed by atoms with E-state index in [0.717, 1.165) is 21.0 Å². The minimum Gasteiger partial charge on any atom is -0.495 e. The number of aryl methyl sites for hydroxylation is 1. The number of fused-ring (bicyclic) bond motifs is 1. The number of benzene rings is 3. The lowest BCUT2D eigenvalue weighted by Crippen LogP contribution is -2.20. The molecule has 0 aliphatic heterocycles. The molecule has 0 saturated heterocycles. The Morgan fingerprint density at radius 1 is 1.14 bits per heavy atom. The highest BCUT2D eigenvalue weighted by atomic mass is 35.5. The van der Waals surface area contributed by atoms with Crippen LogP contribution in [0.4, 0.5) is 5.69 Å². The van der Waals surface area contributed by atoms with Crippen molar-refractivity contribution in [1.82, 2.24) is 20.2 Å². The maximum absolute atomic E-state index is 12.9. The van der Waals surface area contributed by atoms with Crippen LogP contribution in [0.2, 0.25) is 5.02 Å². The molecule has 0 fully saturated rings. The Hall–Kier alpha value is -3.65. The van der Waals surface area contributed by atoms with Crippen molar-refractivity contribution in [2.45, 2.75) is 6.92 Å². The number of aromatic amines is 1. The molecular formula is C20H16ClN5O3. The maximum Gasteiger partial charge on any atom is 0.365 e. The van der Waals surface area contributed by atoms with Crippen LogP contribution >= 0.6 is 11.6 Å². The number of hydrogen-bond donors (Lipinski definition) is 2. The third kappa shape index (κ3) is 3.57. The van der Waals surface area contributed by atoms with Gasteiger partial charge >= 0.3 is 5.69 Å². The van der Waals surface area contributed by atoms with Crippen LogP contribution in [0, 0.1) is 6.92 Å². The van der Waals surface area contributed by atoms with Crippen LogP contribution in [0.5, 0.6) is 5.75 Å². The van der Waals surface area contributed by atoms with Crippen molar-refractivity contribution < 1.29 is 9.53 Å². The molecule has 3 aromatic carbocycles. The standard InChI is InChI=1S/C20H16ClN5O3/c1-11-3-4-13-8-14(6-5-12(13)7-11)19(27)22-16-10-18(29-2)15(21)9-17(16)26-20(28)23-24-25-26/h3-10H,1-2H3,(H,22,27)(H,23,25,28). The van der Waals surface area contributed by atoms with Gasteiger partial charge in [0.2, 0.25) is 0 Å². The molecule has 0 unspecified atom stereocenters. The molecule has 1 aromatic heterocycles. The number of halogens is 1. The summed E-state index contributed by atoms with van der Waals surface area (Å²) in [6.07, 6.45) is 0. The summed E-state index contributed by atoms with van der Waals surface area (Å²) in [5.41, 5.74) is 1.61. The molecule has 0 bridgehead atoms. The highest BCUT2D eigenvalue weighted by molar-refractivity contribution is 6.32. The summed E-state index contributed by atoms with van der Waals surface area (Å²) in [5, 5.41) is 14.5. The number of nitrogens with one attached hydrogen (secondary N) is 2. The Kier molecular flexibility index (Phi) is 4.77. The summed E-state index contributed by atoms with van der Waals surface area (Å²) >= 11 is 6.19. The fourth-order valence-corrected chi connectivity index (χ4v) is 3.27. The van der Waals surface area contributed by atoms with E-state index in [1.165, 1.54) is 19.2 Å². The summed E-state index contributed by atoms with van der Waals surface area (Å²) < 4.78 is 6.23. The van der Waals surface area contributed by atoms with Gasteiger partial charge in [-0.25, -0.2) is 9.89 Å². The smallest absolute Gasteiger partial charge is 0.365 e. The molecule has 0 radical (unpaired) electrons. The van der Waals surface area contributed by atoms with Gasteiger partial charge in [0.15, 0.2) is 0 Å². The lowest BCUT2D eigenvalue weighted by Gasteiger charge is -2.13. The highest BCUT2D eigenvalue weighted by Crippen LogP contribution is 2.33. The molecule has 0 saturated carbocycles. The fraction of sp³-hybridized carbons (Fsp3) is 0.100. The summed E-state index contributed by atoms with van der Waals surface area (Å²) in [5.74, 6) is -0.00843. The van der Waals surface area contributed by atoms with Gasteiger partial charge in [0.1, 0.15) is 5.75 Å². The van der Waals surface area contributed by atoms with Gasteiger partial charge in [-0.15, -0.1) is 0 Å². The topological polar surface area (TPSA) is 102 Å². The van der Waals surface area contributed by atoms with Crippen molar-refractivity contribution in [3.05, 3.63) is 75.2 Å². The molecule has 9 heteroatoms. The predicted octanol–water partition coefficient (Wildman–Crippen LogP) is 3.33. The molecule has 4 aromatic rings. The van der Waals surface area contributed by atoms with Crippen LogP contribution in [0.15, 0.2) is 53.3 Å². The number of anilines is 1. The molecule has 8 nitrogen and oxygen atoms in total. The Labute approximate surface area is 170 Å². The number of aromatic nitrogens is 4. The van der Waals surface area contributed by atoms with E-state index in [4.69, 9.17) is 16.3 Å². The van der Waals surface area contributed by atoms with E-state index >= 15 is 0 Å². The van der Waals surface area contributed by atoms with Crippen LogP contribution < -0.4 is 15.7 Å². The van der Waals surface area contributed by atoms with E-state index in [1.807, 2.05) is 25.1 Å². The Morgan fingerprint density at radius 3 is 2.62 bits per heavy atom. The second-order valence-electron chi connectivity index (χ2n) is 6.44. The van der Waals surface area contributed by atoms with Gasteiger partial charge in [0.25, 0.3) is 5.91 Å². The number of ether oxygens (including phenoxy) is 1. The van der Waals surface area contributed by atoms with Gasteiger partial charge in [0, 0.05) is 11.6 Å². The van der Waals surface area contributed by atoms with Crippen molar-refractivity contribution in [3.63, 3.8) is 0 Å². The third-order valence-corrected chi connectivity index (χ3v) is 4.77. The molecule has 146 valence electrons. The van der Waals surface area contributed by atoms with Crippen LogP contribution in [-0.2, 0) is 0 Å². The number of carbonyl (C=O) groups is 1. The van der Waals surface area contributed by atoms with E-state index in [2.05, 4.69) is 26.9 Å². The van der Waals surface area contributed by atoms with Crippen LogP contribution in [-0.4, -0.2) is 33.2 Å². The first-order chi connectivity index (χ1) is 14.0. The Morgan fingerprint density at radius 2 is 1.90 bits per heavy atom. The molecule has 0 atom stereocenters. The lowest BCUT2D eigenvalue weighted by molar-refractivity contribution is 0.102. The van der Waals surface area contributed by atoms with Crippen LogP contribution in [0.25, 0.3) is 16.5 Å². The van der Waals surface area contributed by atoms with E-state index in [9.17, 15) is 9.59 Å². The van der Waals surface area contributed by atoms with Gasteiger partial charge in [-0.2, -0.15) is 4.68 Å².